The summed E-state index contributed by atoms with van der Waals surface area (Å²) in [6.45, 7) is 2.28. The van der Waals surface area contributed by atoms with Crippen LogP contribution in [-0.2, 0) is 4.79 Å². The summed E-state index contributed by atoms with van der Waals surface area (Å²) < 4.78 is 0. The SMILES string of the molecule is CCCCCCCCCCCCC(O)CCCCCCCCCCCCCCCCCCCC(=O)O. The molecule has 0 spiro atoms. The van der Waals surface area contributed by atoms with Crippen molar-refractivity contribution in [1.29, 1.82) is 0 Å². The molecule has 0 saturated heterocycles. The second-order valence-electron chi connectivity index (χ2n) is 11.6. The number of carbonyl (C=O) groups is 1. The van der Waals surface area contributed by atoms with Crippen molar-refractivity contribution in [3.8, 4) is 0 Å². The molecule has 0 amide bonds. The van der Waals surface area contributed by atoms with E-state index < -0.39 is 5.97 Å². The second-order valence-corrected chi connectivity index (χ2v) is 11.6. The van der Waals surface area contributed by atoms with Crippen LogP contribution in [0.25, 0.3) is 0 Å². The Morgan fingerprint density at radius 1 is 0.444 bits per heavy atom. The summed E-state index contributed by atoms with van der Waals surface area (Å²) in [5.41, 5.74) is 0. The van der Waals surface area contributed by atoms with E-state index in [1.54, 1.807) is 0 Å². The van der Waals surface area contributed by atoms with Gasteiger partial charge >= 0.3 is 5.97 Å². The fourth-order valence-electron chi connectivity index (χ4n) is 5.32. The van der Waals surface area contributed by atoms with Gasteiger partial charge in [0.05, 0.1) is 6.10 Å². The van der Waals surface area contributed by atoms with Gasteiger partial charge in [-0.05, 0) is 19.3 Å². The van der Waals surface area contributed by atoms with E-state index in [-0.39, 0.29) is 6.10 Å². The lowest BCUT2D eigenvalue weighted by Crippen LogP contribution is -2.05. The van der Waals surface area contributed by atoms with Gasteiger partial charge in [-0.15, -0.1) is 0 Å². The van der Waals surface area contributed by atoms with E-state index in [0.717, 1.165) is 25.7 Å². The Bertz CT molecular complexity index is 423. The van der Waals surface area contributed by atoms with Crippen molar-refractivity contribution in [2.24, 2.45) is 0 Å². The molecule has 0 fully saturated rings. The van der Waals surface area contributed by atoms with Crippen molar-refractivity contribution in [3.05, 3.63) is 0 Å². The average Bonchev–Trinajstić information content (AvgIpc) is 2.86. The highest BCUT2D eigenvalue weighted by molar-refractivity contribution is 5.66. The zero-order valence-corrected chi connectivity index (χ0v) is 24.6. The molecule has 0 bridgehead atoms. The van der Waals surface area contributed by atoms with E-state index in [0.29, 0.717) is 6.42 Å². The summed E-state index contributed by atoms with van der Waals surface area (Å²) in [5, 5.41) is 18.8. The molecule has 0 aliphatic carbocycles. The van der Waals surface area contributed by atoms with Crippen molar-refractivity contribution < 1.29 is 15.0 Å². The first-order chi connectivity index (χ1) is 17.7. The zero-order valence-electron chi connectivity index (χ0n) is 24.6. The Hall–Kier alpha value is -0.570. The minimum atomic E-state index is -0.657. The van der Waals surface area contributed by atoms with Crippen LogP contribution in [0.1, 0.15) is 200 Å². The summed E-state index contributed by atoms with van der Waals surface area (Å²) in [4.78, 5) is 10.5. The topological polar surface area (TPSA) is 57.5 Å². The maximum atomic E-state index is 10.5. The molecule has 2 N–H and O–H groups in total. The Labute approximate surface area is 226 Å². The number of aliphatic hydroxyl groups excluding tert-OH is 1. The summed E-state index contributed by atoms with van der Waals surface area (Å²) in [5.74, 6) is -0.657. The molecule has 3 heteroatoms. The molecule has 0 heterocycles. The molecule has 0 saturated carbocycles. The molecule has 216 valence electrons. The number of aliphatic hydroxyl groups is 1. The summed E-state index contributed by atoms with van der Waals surface area (Å²) in [6, 6.07) is 0. The molecule has 36 heavy (non-hydrogen) atoms. The molecule has 0 radical (unpaired) electrons. The molecule has 0 aromatic rings. The lowest BCUT2D eigenvalue weighted by Gasteiger charge is -2.10. The fourth-order valence-corrected chi connectivity index (χ4v) is 5.32. The Balaban J connectivity index is 3.13. The van der Waals surface area contributed by atoms with Crippen LogP contribution in [0.2, 0.25) is 0 Å². The van der Waals surface area contributed by atoms with Gasteiger partial charge in [0.15, 0.2) is 0 Å². The second kappa shape index (κ2) is 30.7. The van der Waals surface area contributed by atoms with Crippen LogP contribution >= 0.6 is 0 Å². The van der Waals surface area contributed by atoms with Gasteiger partial charge in [-0.25, -0.2) is 0 Å². The van der Waals surface area contributed by atoms with Crippen molar-refractivity contribution in [1.82, 2.24) is 0 Å². The number of hydrogen-bond donors (Lipinski definition) is 2. The number of hydrogen-bond acceptors (Lipinski definition) is 2. The highest BCUT2D eigenvalue weighted by Gasteiger charge is 2.04. The summed E-state index contributed by atoms with van der Waals surface area (Å²) in [6.07, 6.45) is 38.1. The van der Waals surface area contributed by atoms with E-state index in [2.05, 4.69) is 6.92 Å². The Morgan fingerprint density at radius 3 is 0.972 bits per heavy atom. The standard InChI is InChI=1S/C33H66O3/c1-2-3-4-5-6-7-17-20-23-26-29-32(34)30-27-24-21-18-15-13-11-9-8-10-12-14-16-19-22-25-28-31-33(35)36/h32,34H,2-31H2,1H3,(H,35,36). The molecular formula is C33H66O3. The third kappa shape index (κ3) is 31.5. The first-order valence-corrected chi connectivity index (χ1v) is 16.6. The normalized spacial score (nSPS) is 12.3. The third-order valence-electron chi connectivity index (χ3n) is 7.82. The van der Waals surface area contributed by atoms with Crippen molar-refractivity contribution in [2.75, 3.05) is 0 Å². The van der Waals surface area contributed by atoms with Gasteiger partial charge in [0.2, 0.25) is 0 Å². The Kier molecular flexibility index (Phi) is 30.2. The molecular weight excluding hydrogens is 444 g/mol. The van der Waals surface area contributed by atoms with E-state index in [9.17, 15) is 9.90 Å². The third-order valence-corrected chi connectivity index (χ3v) is 7.82. The van der Waals surface area contributed by atoms with Gasteiger partial charge in [0, 0.05) is 6.42 Å². The maximum Gasteiger partial charge on any atom is 0.303 e. The van der Waals surface area contributed by atoms with Crippen LogP contribution in [0.4, 0.5) is 0 Å². The molecule has 0 aromatic carbocycles. The van der Waals surface area contributed by atoms with Gasteiger partial charge < -0.3 is 10.2 Å². The van der Waals surface area contributed by atoms with Gasteiger partial charge in [0.25, 0.3) is 0 Å². The molecule has 1 unspecified atom stereocenters. The minimum absolute atomic E-state index is 0.0529. The molecule has 0 aliphatic heterocycles. The lowest BCUT2D eigenvalue weighted by molar-refractivity contribution is -0.137. The van der Waals surface area contributed by atoms with Gasteiger partial charge in [0.1, 0.15) is 0 Å². The predicted molar refractivity (Wildman–Crippen MR) is 158 cm³/mol. The number of aliphatic carboxylic acids is 1. The molecule has 1 atom stereocenters. The van der Waals surface area contributed by atoms with Crippen molar-refractivity contribution in [2.45, 2.75) is 206 Å². The van der Waals surface area contributed by atoms with Crippen LogP contribution in [0.5, 0.6) is 0 Å². The van der Waals surface area contributed by atoms with E-state index >= 15 is 0 Å². The van der Waals surface area contributed by atoms with E-state index in [1.807, 2.05) is 0 Å². The van der Waals surface area contributed by atoms with Gasteiger partial charge in [-0.3, -0.25) is 4.79 Å². The maximum absolute atomic E-state index is 10.5. The molecule has 0 aromatic heterocycles. The number of rotatable bonds is 31. The minimum Gasteiger partial charge on any atom is -0.481 e. The van der Waals surface area contributed by atoms with Crippen LogP contribution in [0.3, 0.4) is 0 Å². The van der Waals surface area contributed by atoms with E-state index in [1.165, 1.54) is 161 Å². The molecule has 0 aliphatic rings. The van der Waals surface area contributed by atoms with Crippen LogP contribution in [0, 0.1) is 0 Å². The first-order valence-electron chi connectivity index (χ1n) is 16.6. The summed E-state index contributed by atoms with van der Waals surface area (Å²) >= 11 is 0. The zero-order chi connectivity index (χ0) is 26.4. The quantitative estimate of drug-likeness (QED) is 0.0911. The van der Waals surface area contributed by atoms with Crippen LogP contribution in [0.15, 0.2) is 0 Å². The highest BCUT2D eigenvalue weighted by atomic mass is 16.4. The number of unbranched alkanes of at least 4 members (excludes halogenated alkanes) is 25. The smallest absolute Gasteiger partial charge is 0.303 e. The van der Waals surface area contributed by atoms with Gasteiger partial charge in [-0.2, -0.15) is 0 Å². The lowest BCUT2D eigenvalue weighted by atomic mass is 10.0. The Morgan fingerprint density at radius 2 is 0.694 bits per heavy atom. The molecule has 3 nitrogen and oxygen atoms in total. The first kappa shape index (κ1) is 35.4. The van der Waals surface area contributed by atoms with Crippen LogP contribution < -0.4 is 0 Å². The monoisotopic (exact) mass is 511 g/mol. The van der Waals surface area contributed by atoms with E-state index in [4.69, 9.17) is 5.11 Å². The summed E-state index contributed by atoms with van der Waals surface area (Å²) in [7, 11) is 0. The van der Waals surface area contributed by atoms with Gasteiger partial charge in [-0.1, -0.05) is 174 Å². The highest BCUT2D eigenvalue weighted by Crippen LogP contribution is 2.17. The van der Waals surface area contributed by atoms with Crippen LogP contribution in [-0.4, -0.2) is 22.3 Å². The van der Waals surface area contributed by atoms with Crippen molar-refractivity contribution in [3.63, 3.8) is 0 Å². The predicted octanol–water partition coefficient (Wildman–Crippen LogP) is 11.2. The average molecular weight is 511 g/mol. The molecule has 0 rings (SSSR count). The number of carboxylic acids is 1. The van der Waals surface area contributed by atoms with Crippen molar-refractivity contribution >= 4 is 5.97 Å². The largest absolute Gasteiger partial charge is 0.481 e. The fraction of sp³-hybridized carbons (Fsp3) is 0.970. The number of carboxylic acid groups (broad SMARTS) is 1.